The van der Waals surface area contributed by atoms with E-state index in [1.165, 1.54) is 25.7 Å². The van der Waals surface area contributed by atoms with E-state index in [1.807, 2.05) is 0 Å². The Kier molecular flexibility index (Phi) is 2.94. The minimum atomic E-state index is 0.0537. The fourth-order valence-electron chi connectivity index (χ4n) is 3.57. The summed E-state index contributed by atoms with van der Waals surface area (Å²) >= 11 is 0. The second-order valence-electron chi connectivity index (χ2n) is 5.63. The van der Waals surface area contributed by atoms with Crippen molar-refractivity contribution in [3.05, 3.63) is 18.3 Å². The highest BCUT2D eigenvalue weighted by molar-refractivity contribution is 5.92. The zero-order chi connectivity index (χ0) is 12.5. The number of rotatable bonds is 3. The molecule has 0 aliphatic heterocycles. The van der Waals surface area contributed by atoms with Crippen LogP contribution in [0, 0.1) is 17.8 Å². The van der Waals surface area contributed by atoms with Gasteiger partial charge in [-0.05, 0) is 49.1 Å². The van der Waals surface area contributed by atoms with Crippen LogP contribution in [-0.2, 0) is 4.79 Å². The Hall–Kier alpha value is -1.58. The maximum Gasteiger partial charge on any atom is 0.225 e. The van der Waals surface area contributed by atoms with Gasteiger partial charge in [-0.15, -0.1) is 0 Å². The zero-order valence-electron chi connectivity index (χ0n) is 10.4. The average molecular weight is 245 g/mol. The number of nitrogen functional groups attached to an aromatic ring is 1. The van der Waals surface area contributed by atoms with E-state index in [0.717, 1.165) is 11.8 Å². The Morgan fingerprint density at radius 1 is 1.44 bits per heavy atom. The van der Waals surface area contributed by atoms with E-state index < -0.39 is 0 Å². The van der Waals surface area contributed by atoms with E-state index in [1.54, 1.807) is 18.3 Å². The van der Waals surface area contributed by atoms with Gasteiger partial charge in [-0.25, -0.2) is 4.98 Å². The fraction of sp³-hybridized carbons (Fsp3) is 0.571. The van der Waals surface area contributed by atoms with Crippen molar-refractivity contribution in [2.24, 2.45) is 17.8 Å². The lowest BCUT2D eigenvalue weighted by molar-refractivity contribution is -0.117. The normalized spacial score (nSPS) is 29.4. The zero-order valence-corrected chi connectivity index (χ0v) is 10.4. The predicted molar refractivity (Wildman–Crippen MR) is 70.8 cm³/mol. The molecule has 2 aliphatic rings. The Balaban J connectivity index is 1.58. The molecule has 1 aromatic heterocycles. The van der Waals surface area contributed by atoms with Crippen molar-refractivity contribution in [2.45, 2.75) is 32.1 Å². The first kappa shape index (κ1) is 11.5. The van der Waals surface area contributed by atoms with Crippen molar-refractivity contribution in [3.63, 3.8) is 0 Å². The maximum atomic E-state index is 12.0. The third-order valence-corrected chi connectivity index (χ3v) is 4.43. The van der Waals surface area contributed by atoms with Gasteiger partial charge in [-0.3, -0.25) is 4.79 Å². The third kappa shape index (κ3) is 2.19. The monoisotopic (exact) mass is 245 g/mol. The van der Waals surface area contributed by atoms with Gasteiger partial charge < -0.3 is 11.1 Å². The topological polar surface area (TPSA) is 68.0 Å². The summed E-state index contributed by atoms with van der Waals surface area (Å²) in [6.45, 7) is 0. The van der Waals surface area contributed by atoms with Gasteiger partial charge in [0.2, 0.25) is 5.91 Å². The number of nitrogens with two attached hydrogens (primary N) is 1. The maximum absolute atomic E-state index is 12.0. The van der Waals surface area contributed by atoms with Gasteiger partial charge in [0.1, 0.15) is 0 Å². The molecule has 96 valence electrons. The Bertz CT molecular complexity index is 460. The molecule has 18 heavy (non-hydrogen) atoms. The first-order valence-corrected chi connectivity index (χ1v) is 6.72. The van der Waals surface area contributed by atoms with Crippen LogP contribution >= 0.6 is 0 Å². The van der Waals surface area contributed by atoms with Gasteiger partial charge in [-0.2, -0.15) is 0 Å². The van der Waals surface area contributed by atoms with Crippen LogP contribution in [0.3, 0.4) is 0 Å². The number of anilines is 2. The molecule has 3 unspecified atom stereocenters. The molecule has 0 spiro atoms. The number of aromatic nitrogens is 1. The van der Waals surface area contributed by atoms with Crippen molar-refractivity contribution in [1.82, 2.24) is 4.98 Å². The second kappa shape index (κ2) is 4.59. The highest BCUT2D eigenvalue weighted by Crippen LogP contribution is 2.49. The van der Waals surface area contributed by atoms with Gasteiger partial charge in [0.25, 0.3) is 0 Å². The molecule has 3 atom stereocenters. The van der Waals surface area contributed by atoms with E-state index in [0.29, 0.717) is 23.8 Å². The van der Waals surface area contributed by atoms with E-state index in [2.05, 4.69) is 10.3 Å². The van der Waals surface area contributed by atoms with Crippen LogP contribution in [0.15, 0.2) is 18.3 Å². The van der Waals surface area contributed by atoms with Crippen molar-refractivity contribution in [1.29, 1.82) is 0 Å². The molecule has 0 radical (unpaired) electrons. The average Bonchev–Trinajstić information content (AvgIpc) is 2.94. The summed E-state index contributed by atoms with van der Waals surface area (Å²) < 4.78 is 0. The first-order chi connectivity index (χ1) is 8.72. The molecule has 1 aromatic rings. The first-order valence-electron chi connectivity index (χ1n) is 6.72. The largest absolute Gasteiger partial charge is 0.396 e. The number of carbonyl (C=O) groups excluding carboxylic acids is 1. The van der Waals surface area contributed by atoms with Crippen molar-refractivity contribution < 1.29 is 4.79 Å². The highest BCUT2D eigenvalue weighted by Gasteiger charge is 2.40. The molecule has 3 rings (SSSR count). The molecule has 4 nitrogen and oxygen atoms in total. The standard InChI is InChI=1S/C14H19N3O/c15-12-2-1-5-16-14(12)17-13(18)8-11-7-9-3-4-10(11)6-9/h1-2,5,9-11H,3-4,6-8,15H2,(H,16,17,18). The Morgan fingerprint density at radius 3 is 3.00 bits per heavy atom. The third-order valence-electron chi connectivity index (χ3n) is 4.43. The molecule has 3 N–H and O–H groups in total. The Labute approximate surface area is 107 Å². The number of nitrogens with zero attached hydrogens (tertiary/aromatic N) is 1. The number of nitrogens with one attached hydrogen (secondary N) is 1. The molecule has 2 fully saturated rings. The van der Waals surface area contributed by atoms with Gasteiger partial charge in [0.05, 0.1) is 5.69 Å². The van der Waals surface area contributed by atoms with Gasteiger partial charge in [-0.1, -0.05) is 6.42 Å². The summed E-state index contributed by atoms with van der Waals surface area (Å²) in [5.74, 6) is 2.78. The van der Waals surface area contributed by atoms with E-state index in [4.69, 9.17) is 5.73 Å². The number of amides is 1. The van der Waals surface area contributed by atoms with Crippen LogP contribution < -0.4 is 11.1 Å². The molecule has 4 heteroatoms. The lowest BCUT2D eigenvalue weighted by atomic mass is 9.86. The summed E-state index contributed by atoms with van der Waals surface area (Å²) in [6, 6.07) is 3.51. The second-order valence-corrected chi connectivity index (χ2v) is 5.63. The van der Waals surface area contributed by atoms with Crippen LogP contribution in [-0.4, -0.2) is 10.9 Å². The number of hydrogen-bond donors (Lipinski definition) is 2. The predicted octanol–water partition coefficient (Wildman–Crippen LogP) is 2.43. The number of fused-ring (bicyclic) bond motifs is 2. The summed E-state index contributed by atoms with van der Waals surface area (Å²) in [6.07, 6.45) is 7.52. The van der Waals surface area contributed by atoms with Crippen LogP contribution in [0.25, 0.3) is 0 Å². The summed E-state index contributed by atoms with van der Waals surface area (Å²) in [5.41, 5.74) is 6.29. The van der Waals surface area contributed by atoms with Gasteiger partial charge in [0, 0.05) is 12.6 Å². The number of hydrogen-bond acceptors (Lipinski definition) is 3. The molecule has 2 aliphatic carbocycles. The van der Waals surface area contributed by atoms with E-state index >= 15 is 0 Å². The van der Waals surface area contributed by atoms with Gasteiger partial charge >= 0.3 is 0 Å². The van der Waals surface area contributed by atoms with Crippen molar-refractivity contribution in [3.8, 4) is 0 Å². The van der Waals surface area contributed by atoms with Crippen LogP contribution in [0.2, 0.25) is 0 Å². The van der Waals surface area contributed by atoms with Crippen molar-refractivity contribution >= 4 is 17.4 Å². The van der Waals surface area contributed by atoms with Crippen molar-refractivity contribution in [2.75, 3.05) is 11.1 Å². The summed E-state index contributed by atoms with van der Waals surface area (Å²) in [7, 11) is 0. The lowest BCUT2D eigenvalue weighted by Gasteiger charge is -2.20. The van der Waals surface area contributed by atoms with Gasteiger partial charge in [0.15, 0.2) is 5.82 Å². The lowest BCUT2D eigenvalue weighted by Crippen LogP contribution is -2.21. The number of pyridine rings is 1. The van der Waals surface area contributed by atoms with E-state index in [9.17, 15) is 4.79 Å². The molecular formula is C14H19N3O. The smallest absolute Gasteiger partial charge is 0.225 e. The van der Waals surface area contributed by atoms with E-state index in [-0.39, 0.29) is 5.91 Å². The number of carbonyl (C=O) groups is 1. The molecule has 0 saturated heterocycles. The molecule has 0 aromatic carbocycles. The molecular weight excluding hydrogens is 226 g/mol. The highest BCUT2D eigenvalue weighted by atomic mass is 16.1. The van der Waals surface area contributed by atoms with Crippen LogP contribution in [0.4, 0.5) is 11.5 Å². The van der Waals surface area contributed by atoms with Crippen LogP contribution in [0.5, 0.6) is 0 Å². The molecule has 1 amide bonds. The summed E-state index contributed by atoms with van der Waals surface area (Å²) in [5, 5.41) is 2.82. The Morgan fingerprint density at radius 2 is 2.33 bits per heavy atom. The fourth-order valence-corrected chi connectivity index (χ4v) is 3.57. The summed E-state index contributed by atoms with van der Waals surface area (Å²) in [4.78, 5) is 16.1. The minimum Gasteiger partial charge on any atom is -0.396 e. The molecule has 2 bridgehead atoms. The minimum absolute atomic E-state index is 0.0537. The molecule has 2 saturated carbocycles. The SMILES string of the molecule is Nc1cccnc1NC(=O)CC1CC2CCC1C2. The quantitative estimate of drug-likeness (QED) is 0.859. The van der Waals surface area contributed by atoms with Crippen LogP contribution in [0.1, 0.15) is 32.1 Å². The molecule has 1 heterocycles.